The number of benzene rings is 2. The van der Waals surface area contributed by atoms with Gasteiger partial charge in [0, 0.05) is 6.54 Å². The van der Waals surface area contributed by atoms with Gasteiger partial charge in [0.1, 0.15) is 0 Å². The van der Waals surface area contributed by atoms with E-state index in [0.29, 0.717) is 5.56 Å². The van der Waals surface area contributed by atoms with E-state index in [-0.39, 0.29) is 12.5 Å². The average Bonchev–Trinajstić information content (AvgIpc) is 3.35. The summed E-state index contributed by atoms with van der Waals surface area (Å²) in [6.07, 6.45) is -2.74. The molecule has 3 rings (SSSR count). The maximum Gasteiger partial charge on any atom is 0.416 e. The molecule has 1 aliphatic carbocycles. The molecule has 2 aromatic rings. The molecular weight excluding hydrogens is 303 g/mol. The van der Waals surface area contributed by atoms with Gasteiger partial charge in [-0.1, -0.05) is 42.5 Å². The first-order valence-corrected chi connectivity index (χ1v) is 7.42. The van der Waals surface area contributed by atoms with Crippen molar-refractivity contribution in [2.24, 2.45) is 0 Å². The zero-order valence-electron chi connectivity index (χ0n) is 12.4. The molecule has 1 fully saturated rings. The average molecular weight is 319 g/mol. The van der Waals surface area contributed by atoms with E-state index in [4.69, 9.17) is 0 Å². The summed E-state index contributed by atoms with van der Waals surface area (Å²) in [6.45, 7) is 0.228. The van der Waals surface area contributed by atoms with Crippen molar-refractivity contribution in [3.8, 4) is 0 Å². The Morgan fingerprint density at radius 2 is 1.61 bits per heavy atom. The molecule has 0 saturated heterocycles. The number of rotatable bonds is 4. The van der Waals surface area contributed by atoms with E-state index in [9.17, 15) is 18.0 Å². The van der Waals surface area contributed by atoms with Gasteiger partial charge in [-0.05, 0) is 36.1 Å². The highest BCUT2D eigenvalue weighted by molar-refractivity contribution is 5.91. The fraction of sp³-hybridized carbons (Fsp3) is 0.278. The first kappa shape index (κ1) is 15.6. The summed E-state index contributed by atoms with van der Waals surface area (Å²) in [5.41, 5.74) is 0.489. The third-order valence-corrected chi connectivity index (χ3v) is 4.25. The van der Waals surface area contributed by atoms with Crippen molar-refractivity contribution in [3.63, 3.8) is 0 Å². The number of halogens is 3. The number of hydrogen-bond acceptors (Lipinski definition) is 1. The predicted octanol–water partition coefficient (Wildman–Crippen LogP) is 4.05. The van der Waals surface area contributed by atoms with Crippen LogP contribution in [0.15, 0.2) is 54.6 Å². The van der Waals surface area contributed by atoms with Crippen LogP contribution in [-0.2, 0) is 22.9 Å². The fourth-order valence-electron chi connectivity index (χ4n) is 2.69. The van der Waals surface area contributed by atoms with Crippen molar-refractivity contribution in [2.45, 2.75) is 31.0 Å². The molecule has 1 saturated carbocycles. The SMILES string of the molecule is O=C(NCc1ccc(C(F)(F)F)cc1)C1(c2ccccc2)CC1. The number of alkyl halides is 3. The first-order chi connectivity index (χ1) is 10.9. The summed E-state index contributed by atoms with van der Waals surface area (Å²) >= 11 is 0. The Labute approximate surface area is 132 Å². The van der Waals surface area contributed by atoms with Crippen LogP contribution >= 0.6 is 0 Å². The molecular formula is C18H16F3NO. The molecule has 0 spiro atoms. The maximum absolute atomic E-state index is 12.5. The molecule has 0 aromatic heterocycles. The van der Waals surface area contributed by atoms with Crippen LogP contribution in [0.3, 0.4) is 0 Å². The van der Waals surface area contributed by atoms with Crippen molar-refractivity contribution < 1.29 is 18.0 Å². The zero-order valence-corrected chi connectivity index (χ0v) is 12.4. The number of carbonyl (C=O) groups excluding carboxylic acids is 1. The number of carbonyl (C=O) groups is 1. The fourth-order valence-corrected chi connectivity index (χ4v) is 2.69. The van der Waals surface area contributed by atoms with Gasteiger partial charge < -0.3 is 5.32 Å². The van der Waals surface area contributed by atoms with Crippen LogP contribution in [0.25, 0.3) is 0 Å². The van der Waals surface area contributed by atoms with Crippen LogP contribution in [0.1, 0.15) is 29.5 Å². The van der Waals surface area contributed by atoms with Gasteiger partial charge in [-0.25, -0.2) is 0 Å². The van der Waals surface area contributed by atoms with Crippen LogP contribution < -0.4 is 5.32 Å². The van der Waals surface area contributed by atoms with Gasteiger partial charge in [0.15, 0.2) is 0 Å². The Hall–Kier alpha value is -2.30. The quantitative estimate of drug-likeness (QED) is 0.905. The largest absolute Gasteiger partial charge is 0.416 e. The summed E-state index contributed by atoms with van der Waals surface area (Å²) in [6, 6.07) is 14.4. The molecule has 0 heterocycles. The number of amides is 1. The smallest absolute Gasteiger partial charge is 0.351 e. The topological polar surface area (TPSA) is 29.1 Å². The Balaban J connectivity index is 1.64. The van der Waals surface area contributed by atoms with Crippen LogP contribution in [0, 0.1) is 0 Å². The molecule has 1 amide bonds. The third-order valence-electron chi connectivity index (χ3n) is 4.25. The molecule has 0 unspecified atom stereocenters. The molecule has 0 aliphatic heterocycles. The summed E-state index contributed by atoms with van der Waals surface area (Å²) in [5, 5.41) is 2.84. The van der Waals surface area contributed by atoms with E-state index in [1.54, 1.807) is 0 Å². The van der Waals surface area contributed by atoms with Crippen molar-refractivity contribution in [2.75, 3.05) is 0 Å². The van der Waals surface area contributed by atoms with Gasteiger partial charge in [-0.15, -0.1) is 0 Å². The van der Waals surface area contributed by atoms with Crippen molar-refractivity contribution >= 4 is 5.91 Å². The highest BCUT2D eigenvalue weighted by Crippen LogP contribution is 2.48. The lowest BCUT2D eigenvalue weighted by molar-refractivity contribution is -0.137. The highest BCUT2D eigenvalue weighted by Gasteiger charge is 2.50. The Bertz CT molecular complexity index is 688. The van der Waals surface area contributed by atoms with E-state index < -0.39 is 17.2 Å². The summed E-state index contributed by atoms with van der Waals surface area (Å²) < 4.78 is 37.5. The van der Waals surface area contributed by atoms with Crippen molar-refractivity contribution in [3.05, 3.63) is 71.3 Å². The highest BCUT2D eigenvalue weighted by atomic mass is 19.4. The Morgan fingerprint density at radius 1 is 1.00 bits per heavy atom. The second-order valence-corrected chi connectivity index (χ2v) is 5.83. The van der Waals surface area contributed by atoms with Gasteiger partial charge >= 0.3 is 6.18 Å². The molecule has 0 radical (unpaired) electrons. The van der Waals surface area contributed by atoms with Gasteiger partial charge in [0.05, 0.1) is 11.0 Å². The first-order valence-electron chi connectivity index (χ1n) is 7.42. The number of hydrogen-bond donors (Lipinski definition) is 1. The molecule has 5 heteroatoms. The Kier molecular flexibility index (Phi) is 3.88. The second-order valence-electron chi connectivity index (χ2n) is 5.83. The molecule has 2 nitrogen and oxygen atoms in total. The van der Waals surface area contributed by atoms with Crippen LogP contribution in [-0.4, -0.2) is 5.91 Å². The normalized spacial score (nSPS) is 16.0. The minimum Gasteiger partial charge on any atom is -0.351 e. The third kappa shape index (κ3) is 3.23. The lowest BCUT2D eigenvalue weighted by atomic mass is 9.95. The van der Waals surface area contributed by atoms with E-state index in [2.05, 4.69) is 5.32 Å². The number of nitrogens with one attached hydrogen (secondary N) is 1. The van der Waals surface area contributed by atoms with Gasteiger partial charge in [-0.2, -0.15) is 13.2 Å². The van der Waals surface area contributed by atoms with E-state index in [0.717, 1.165) is 30.5 Å². The van der Waals surface area contributed by atoms with Crippen molar-refractivity contribution in [1.29, 1.82) is 0 Å². The molecule has 0 bridgehead atoms. The molecule has 0 atom stereocenters. The molecule has 2 aromatic carbocycles. The Morgan fingerprint density at radius 3 is 2.13 bits per heavy atom. The molecule has 120 valence electrons. The monoisotopic (exact) mass is 319 g/mol. The summed E-state index contributed by atoms with van der Waals surface area (Å²) in [4.78, 5) is 12.4. The van der Waals surface area contributed by atoms with Crippen LogP contribution in [0.5, 0.6) is 0 Å². The van der Waals surface area contributed by atoms with Gasteiger partial charge in [0.2, 0.25) is 5.91 Å². The van der Waals surface area contributed by atoms with Gasteiger partial charge in [-0.3, -0.25) is 4.79 Å². The van der Waals surface area contributed by atoms with E-state index in [1.807, 2.05) is 30.3 Å². The van der Waals surface area contributed by atoms with E-state index in [1.165, 1.54) is 12.1 Å². The minimum absolute atomic E-state index is 0.0661. The molecule has 1 N–H and O–H groups in total. The molecule has 23 heavy (non-hydrogen) atoms. The lowest BCUT2D eigenvalue weighted by Crippen LogP contribution is -2.34. The van der Waals surface area contributed by atoms with Crippen molar-refractivity contribution in [1.82, 2.24) is 5.32 Å². The zero-order chi connectivity index (χ0) is 16.5. The summed E-state index contributed by atoms with van der Waals surface area (Å²) in [5.74, 6) is -0.0661. The maximum atomic E-state index is 12.5. The molecule has 1 aliphatic rings. The standard InChI is InChI=1S/C18H16F3NO/c19-18(20,21)15-8-6-13(7-9-15)12-22-16(23)17(10-11-17)14-4-2-1-3-5-14/h1-9H,10-12H2,(H,22,23). The minimum atomic E-state index is -4.34. The summed E-state index contributed by atoms with van der Waals surface area (Å²) in [7, 11) is 0. The van der Waals surface area contributed by atoms with E-state index >= 15 is 0 Å². The second kappa shape index (κ2) is 5.72. The lowest BCUT2D eigenvalue weighted by Gasteiger charge is -2.16. The predicted molar refractivity (Wildman–Crippen MR) is 80.6 cm³/mol. The van der Waals surface area contributed by atoms with Crippen LogP contribution in [0.2, 0.25) is 0 Å². The van der Waals surface area contributed by atoms with Gasteiger partial charge in [0.25, 0.3) is 0 Å². The van der Waals surface area contributed by atoms with Crippen LogP contribution in [0.4, 0.5) is 13.2 Å².